The van der Waals surface area contributed by atoms with Gasteiger partial charge in [0.2, 0.25) is 0 Å². The molecule has 2 aromatic rings. The lowest BCUT2D eigenvalue weighted by atomic mass is 10.2. The Morgan fingerprint density at radius 2 is 1.95 bits per heavy atom. The third-order valence-corrected chi connectivity index (χ3v) is 3.31. The van der Waals surface area contributed by atoms with E-state index in [-0.39, 0.29) is 0 Å². The zero-order chi connectivity index (χ0) is 15.4. The molecule has 0 radical (unpaired) electrons. The first-order chi connectivity index (χ1) is 9.99. The molecule has 0 heterocycles. The predicted molar refractivity (Wildman–Crippen MR) is 86.2 cm³/mol. The maximum atomic E-state index is 12.0. The van der Waals surface area contributed by atoms with Crippen LogP contribution in [0.2, 0.25) is 5.02 Å². The summed E-state index contributed by atoms with van der Waals surface area (Å²) < 4.78 is 5.17. The summed E-state index contributed by atoms with van der Waals surface area (Å²) in [6.45, 7) is 1.89. The zero-order valence-electron chi connectivity index (χ0n) is 11.7. The van der Waals surface area contributed by atoms with Crippen molar-refractivity contribution in [1.82, 2.24) is 0 Å². The van der Waals surface area contributed by atoms with E-state index in [0.717, 1.165) is 5.56 Å². The Kier molecular flexibility index (Phi) is 4.55. The van der Waals surface area contributed by atoms with Crippen LogP contribution in [-0.2, 0) is 0 Å². The number of anilines is 3. The molecular weight excluding hydrogens is 290 g/mol. The van der Waals surface area contributed by atoms with Crippen LogP contribution in [0.3, 0.4) is 0 Å². The SMILES string of the molecule is COc1ccc(N)cc1NC(=O)Nc1ccc(C)c(Cl)c1. The van der Waals surface area contributed by atoms with Gasteiger partial charge in [0.05, 0.1) is 12.8 Å². The van der Waals surface area contributed by atoms with Crippen molar-refractivity contribution in [3.8, 4) is 5.75 Å². The van der Waals surface area contributed by atoms with Gasteiger partial charge >= 0.3 is 6.03 Å². The van der Waals surface area contributed by atoms with Crippen molar-refractivity contribution < 1.29 is 9.53 Å². The standard InChI is InChI=1S/C15H16ClN3O2/c1-9-3-5-11(8-12(9)16)18-15(20)19-13-7-10(17)4-6-14(13)21-2/h3-8H,17H2,1-2H3,(H2,18,19,20). The Hall–Kier alpha value is -2.40. The molecule has 0 aromatic heterocycles. The second-order valence-electron chi connectivity index (χ2n) is 4.50. The second-order valence-corrected chi connectivity index (χ2v) is 4.91. The molecule has 2 amide bonds. The molecule has 0 aliphatic heterocycles. The quantitative estimate of drug-likeness (QED) is 0.753. The molecule has 5 nitrogen and oxygen atoms in total. The highest BCUT2D eigenvalue weighted by atomic mass is 35.5. The van der Waals surface area contributed by atoms with Gasteiger partial charge in [-0.3, -0.25) is 0 Å². The van der Waals surface area contributed by atoms with Gasteiger partial charge in [0, 0.05) is 16.4 Å². The number of halogens is 1. The molecule has 0 saturated carbocycles. The van der Waals surface area contributed by atoms with Crippen molar-refractivity contribution in [3.63, 3.8) is 0 Å². The summed E-state index contributed by atoms with van der Waals surface area (Å²) in [5.41, 5.74) is 8.28. The molecule has 0 atom stereocenters. The average molecular weight is 306 g/mol. The molecule has 0 unspecified atom stereocenters. The van der Waals surface area contributed by atoms with Crippen LogP contribution >= 0.6 is 11.6 Å². The predicted octanol–water partition coefficient (Wildman–Crippen LogP) is 3.88. The van der Waals surface area contributed by atoms with E-state index < -0.39 is 6.03 Å². The minimum absolute atomic E-state index is 0.404. The molecule has 0 fully saturated rings. The van der Waals surface area contributed by atoms with Crippen LogP contribution in [0.25, 0.3) is 0 Å². The number of hydrogen-bond acceptors (Lipinski definition) is 3. The first kappa shape index (κ1) is 15.0. The molecule has 2 aromatic carbocycles. The molecule has 6 heteroatoms. The maximum absolute atomic E-state index is 12.0. The fourth-order valence-electron chi connectivity index (χ4n) is 1.78. The number of aryl methyl sites for hydroxylation is 1. The summed E-state index contributed by atoms with van der Waals surface area (Å²) in [6.07, 6.45) is 0. The third kappa shape index (κ3) is 3.79. The van der Waals surface area contributed by atoms with Crippen LogP contribution in [0, 0.1) is 6.92 Å². The lowest BCUT2D eigenvalue weighted by molar-refractivity contribution is 0.262. The number of urea groups is 1. The topological polar surface area (TPSA) is 76.4 Å². The van der Waals surface area contributed by atoms with Crippen molar-refractivity contribution in [2.75, 3.05) is 23.5 Å². The molecule has 4 N–H and O–H groups in total. The molecular formula is C15H16ClN3O2. The lowest BCUT2D eigenvalue weighted by Gasteiger charge is -2.12. The number of amides is 2. The van der Waals surface area contributed by atoms with Crippen LogP contribution in [0.15, 0.2) is 36.4 Å². The van der Waals surface area contributed by atoms with E-state index >= 15 is 0 Å². The number of benzene rings is 2. The molecule has 21 heavy (non-hydrogen) atoms. The van der Waals surface area contributed by atoms with Crippen molar-refractivity contribution in [2.45, 2.75) is 6.92 Å². The van der Waals surface area contributed by atoms with Gasteiger partial charge in [-0.05, 0) is 42.8 Å². The number of methoxy groups -OCH3 is 1. The van der Waals surface area contributed by atoms with E-state index in [9.17, 15) is 4.79 Å². The number of hydrogen-bond donors (Lipinski definition) is 3. The van der Waals surface area contributed by atoms with E-state index in [4.69, 9.17) is 22.1 Å². The summed E-state index contributed by atoms with van der Waals surface area (Å²) in [5, 5.41) is 5.98. The largest absolute Gasteiger partial charge is 0.495 e. The molecule has 0 bridgehead atoms. The van der Waals surface area contributed by atoms with Crippen molar-refractivity contribution in [1.29, 1.82) is 0 Å². The van der Waals surface area contributed by atoms with E-state index in [1.165, 1.54) is 7.11 Å². The summed E-state index contributed by atoms with van der Waals surface area (Å²) in [5.74, 6) is 0.529. The van der Waals surface area contributed by atoms with E-state index in [1.807, 2.05) is 13.0 Å². The summed E-state index contributed by atoms with van der Waals surface area (Å²) in [6, 6.07) is 9.90. The van der Waals surface area contributed by atoms with E-state index in [2.05, 4.69) is 10.6 Å². The van der Waals surface area contributed by atoms with Gasteiger partial charge < -0.3 is 21.1 Å². The smallest absolute Gasteiger partial charge is 0.323 e. The molecule has 2 rings (SSSR count). The summed E-state index contributed by atoms with van der Waals surface area (Å²) >= 11 is 6.02. The number of nitrogens with one attached hydrogen (secondary N) is 2. The summed E-state index contributed by atoms with van der Waals surface area (Å²) in [4.78, 5) is 12.0. The van der Waals surface area contributed by atoms with Crippen LogP contribution < -0.4 is 21.1 Å². The molecule has 0 saturated heterocycles. The summed E-state index contributed by atoms with van der Waals surface area (Å²) in [7, 11) is 1.52. The van der Waals surface area contributed by atoms with Crippen molar-refractivity contribution in [3.05, 3.63) is 47.0 Å². The second kappa shape index (κ2) is 6.37. The number of carbonyl (C=O) groups is 1. The van der Waals surface area contributed by atoms with E-state index in [0.29, 0.717) is 27.8 Å². The third-order valence-electron chi connectivity index (χ3n) is 2.90. The first-order valence-electron chi connectivity index (χ1n) is 6.27. The highest BCUT2D eigenvalue weighted by Gasteiger charge is 2.08. The van der Waals surface area contributed by atoms with Crippen LogP contribution in [0.5, 0.6) is 5.75 Å². The zero-order valence-corrected chi connectivity index (χ0v) is 12.5. The van der Waals surface area contributed by atoms with Crippen LogP contribution in [0.4, 0.5) is 21.9 Å². The fourth-order valence-corrected chi connectivity index (χ4v) is 1.96. The highest BCUT2D eigenvalue weighted by Crippen LogP contribution is 2.27. The van der Waals surface area contributed by atoms with Gasteiger partial charge in [-0.2, -0.15) is 0 Å². The van der Waals surface area contributed by atoms with Gasteiger partial charge in [-0.25, -0.2) is 4.79 Å². The average Bonchev–Trinajstić information content (AvgIpc) is 2.43. The Morgan fingerprint density at radius 1 is 1.19 bits per heavy atom. The first-order valence-corrected chi connectivity index (χ1v) is 6.65. The molecule has 0 aliphatic rings. The fraction of sp³-hybridized carbons (Fsp3) is 0.133. The van der Waals surface area contributed by atoms with Crippen molar-refractivity contribution in [2.24, 2.45) is 0 Å². The number of nitrogen functional groups attached to an aromatic ring is 1. The van der Waals surface area contributed by atoms with Crippen LogP contribution in [0.1, 0.15) is 5.56 Å². The van der Waals surface area contributed by atoms with Gasteiger partial charge in [0.1, 0.15) is 5.75 Å². The number of ether oxygens (including phenoxy) is 1. The highest BCUT2D eigenvalue weighted by molar-refractivity contribution is 6.31. The molecule has 0 spiro atoms. The molecule has 110 valence electrons. The lowest BCUT2D eigenvalue weighted by Crippen LogP contribution is -2.20. The maximum Gasteiger partial charge on any atom is 0.323 e. The van der Waals surface area contributed by atoms with Gasteiger partial charge in [-0.15, -0.1) is 0 Å². The Balaban J connectivity index is 2.11. The minimum Gasteiger partial charge on any atom is -0.495 e. The van der Waals surface area contributed by atoms with Gasteiger partial charge in [-0.1, -0.05) is 17.7 Å². The van der Waals surface area contributed by atoms with Gasteiger partial charge in [0.15, 0.2) is 0 Å². The Bertz CT molecular complexity index is 674. The normalized spacial score (nSPS) is 10.0. The minimum atomic E-state index is -0.404. The van der Waals surface area contributed by atoms with Crippen LogP contribution in [-0.4, -0.2) is 13.1 Å². The van der Waals surface area contributed by atoms with Crippen molar-refractivity contribution >= 4 is 34.7 Å². The number of rotatable bonds is 3. The van der Waals surface area contributed by atoms with Gasteiger partial charge in [0.25, 0.3) is 0 Å². The monoisotopic (exact) mass is 305 g/mol. The van der Waals surface area contributed by atoms with E-state index in [1.54, 1.807) is 30.3 Å². The Morgan fingerprint density at radius 3 is 2.62 bits per heavy atom. The Labute approximate surface area is 128 Å². The number of carbonyl (C=O) groups excluding carboxylic acids is 1. The molecule has 0 aliphatic carbocycles. The number of nitrogens with two attached hydrogens (primary N) is 1.